The zero-order chi connectivity index (χ0) is 24.7. The molecule has 2 N–H and O–H groups in total. The number of thiophene rings is 1. The van der Waals surface area contributed by atoms with Gasteiger partial charge in [0.25, 0.3) is 5.91 Å². The van der Waals surface area contributed by atoms with Gasteiger partial charge in [0, 0.05) is 18.7 Å². The van der Waals surface area contributed by atoms with Crippen molar-refractivity contribution in [3.63, 3.8) is 0 Å². The summed E-state index contributed by atoms with van der Waals surface area (Å²) in [6, 6.07) is 10.3. The monoisotopic (exact) mass is 485 g/mol. The van der Waals surface area contributed by atoms with E-state index in [4.69, 9.17) is 4.74 Å². The predicted octanol–water partition coefficient (Wildman–Crippen LogP) is 3.84. The van der Waals surface area contributed by atoms with E-state index >= 15 is 0 Å². The van der Waals surface area contributed by atoms with Gasteiger partial charge in [-0.05, 0) is 57.0 Å². The molecule has 1 fully saturated rings. The highest BCUT2D eigenvalue weighted by molar-refractivity contribution is 7.12. The molecule has 0 bridgehead atoms. The Bertz CT molecular complexity index is 966. The van der Waals surface area contributed by atoms with Gasteiger partial charge < -0.3 is 20.3 Å². The number of carbonyl (C=O) groups is 3. The zero-order valence-corrected chi connectivity index (χ0v) is 21.2. The molecule has 1 aromatic carbocycles. The number of carbonyl (C=O) groups excluding carboxylic acids is 3. The van der Waals surface area contributed by atoms with E-state index in [1.54, 1.807) is 17.0 Å². The second-order valence-electron chi connectivity index (χ2n) is 9.38. The van der Waals surface area contributed by atoms with Gasteiger partial charge in [0.05, 0.1) is 17.5 Å². The summed E-state index contributed by atoms with van der Waals surface area (Å²) in [6.07, 6.45) is 2.35. The van der Waals surface area contributed by atoms with Crippen LogP contribution in [0, 0.1) is 6.92 Å². The Morgan fingerprint density at radius 3 is 2.53 bits per heavy atom. The van der Waals surface area contributed by atoms with Crippen LogP contribution in [0.1, 0.15) is 66.9 Å². The molecule has 3 amide bonds. The van der Waals surface area contributed by atoms with Crippen LogP contribution in [0.5, 0.6) is 0 Å². The molecule has 2 atom stereocenters. The Morgan fingerprint density at radius 1 is 1.21 bits per heavy atom. The van der Waals surface area contributed by atoms with Gasteiger partial charge in [0.1, 0.15) is 6.04 Å². The molecule has 34 heavy (non-hydrogen) atoms. The molecule has 1 aliphatic heterocycles. The maximum atomic E-state index is 13.6. The lowest BCUT2D eigenvalue weighted by molar-refractivity contribution is -0.142. The minimum absolute atomic E-state index is 0.142. The molecule has 2 aromatic rings. The number of nitrogens with one attached hydrogen (secondary N) is 2. The molecule has 2 heterocycles. The Hall–Kier alpha value is -2.71. The van der Waals surface area contributed by atoms with Crippen molar-refractivity contribution >= 4 is 29.1 Å². The molecule has 0 aliphatic carbocycles. The largest absolute Gasteiger partial charge is 0.376 e. The average Bonchev–Trinajstić information content (AvgIpc) is 3.52. The molecule has 0 radical (unpaired) electrons. The lowest BCUT2D eigenvalue weighted by Gasteiger charge is -2.35. The van der Waals surface area contributed by atoms with Crippen molar-refractivity contribution in [3.05, 3.63) is 57.8 Å². The molecule has 0 saturated carbocycles. The van der Waals surface area contributed by atoms with Crippen molar-refractivity contribution in [1.82, 2.24) is 15.5 Å². The van der Waals surface area contributed by atoms with E-state index in [0.717, 1.165) is 30.4 Å². The van der Waals surface area contributed by atoms with Crippen LogP contribution in [-0.4, -0.2) is 54.0 Å². The highest BCUT2D eigenvalue weighted by Crippen LogP contribution is 2.26. The molecule has 3 rings (SSSR count). The number of rotatable bonds is 10. The van der Waals surface area contributed by atoms with Crippen LogP contribution in [0.3, 0.4) is 0 Å². The smallest absolute Gasteiger partial charge is 0.261 e. The minimum Gasteiger partial charge on any atom is -0.376 e. The number of aryl methyl sites for hydroxylation is 1. The first-order chi connectivity index (χ1) is 16.2. The van der Waals surface area contributed by atoms with Crippen LogP contribution in [0.2, 0.25) is 0 Å². The number of benzene rings is 1. The summed E-state index contributed by atoms with van der Waals surface area (Å²) >= 11 is 1.31. The van der Waals surface area contributed by atoms with Crippen LogP contribution < -0.4 is 10.6 Å². The third-order valence-corrected chi connectivity index (χ3v) is 7.06. The summed E-state index contributed by atoms with van der Waals surface area (Å²) in [7, 11) is 0. The number of ether oxygens (including phenoxy) is 1. The highest BCUT2D eigenvalue weighted by atomic mass is 32.1. The summed E-state index contributed by atoms with van der Waals surface area (Å²) in [4.78, 5) is 41.7. The summed E-state index contributed by atoms with van der Waals surface area (Å²) in [5.74, 6) is -0.870. The van der Waals surface area contributed by atoms with Gasteiger partial charge in [0.2, 0.25) is 11.8 Å². The number of hydrogen-bond donors (Lipinski definition) is 2. The van der Waals surface area contributed by atoms with Crippen molar-refractivity contribution in [2.75, 3.05) is 19.7 Å². The fourth-order valence-corrected chi connectivity index (χ4v) is 4.46. The number of nitrogens with zero attached hydrogens (tertiary/aromatic N) is 1. The first-order valence-corrected chi connectivity index (χ1v) is 12.7. The molecule has 8 heteroatoms. The van der Waals surface area contributed by atoms with Gasteiger partial charge in [-0.15, -0.1) is 11.3 Å². The van der Waals surface area contributed by atoms with Crippen molar-refractivity contribution in [1.29, 1.82) is 0 Å². The van der Waals surface area contributed by atoms with Gasteiger partial charge >= 0.3 is 0 Å². The van der Waals surface area contributed by atoms with Crippen molar-refractivity contribution < 1.29 is 19.1 Å². The fraction of sp³-hybridized carbons (Fsp3) is 0.500. The van der Waals surface area contributed by atoms with Crippen LogP contribution in [-0.2, 0) is 14.3 Å². The molecular weight excluding hydrogens is 450 g/mol. The van der Waals surface area contributed by atoms with Gasteiger partial charge in [-0.25, -0.2) is 0 Å². The summed E-state index contributed by atoms with van der Waals surface area (Å²) in [6.45, 7) is 8.65. The van der Waals surface area contributed by atoms with Crippen LogP contribution >= 0.6 is 11.3 Å². The maximum absolute atomic E-state index is 13.6. The third-order valence-electron chi connectivity index (χ3n) is 6.19. The Balaban J connectivity index is 1.89. The molecule has 0 unspecified atom stereocenters. The van der Waals surface area contributed by atoms with Gasteiger partial charge in [-0.3, -0.25) is 14.4 Å². The summed E-state index contributed by atoms with van der Waals surface area (Å²) < 4.78 is 5.81. The first kappa shape index (κ1) is 25.9. The lowest BCUT2D eigenvalue weighted by Crippen LogP contribution is -2.53. The van der Waals surface area contributed by atoms with E-state index in [1.807, 2.05) is 57.3 Å². The number of hydrogen-bond acceptors (Lipinski definition) is 5. The molecular formula is C26H35N3O4S. The fourth-order valence-electron chi connectivity index (χ4n) is 3.82. The highest BCUT2D eigenvalue weighted by Gasteiger charge is 2.36. The second-order valence-corrected chi connectivity index (χ2v) is 10.3. The van der Waals surface area contributed by atoms with Gasteiger partial charge in [-0.1, -0.05) is 42.8 Å². The van der Waals surface area contributed by atoms with Crippen LogP contribution in [0.25, 0.3) is 0 Å². The van der Waals surface area contributed by atoms with Gasteiger partial charge in [-0.2, -0.15) is 0 Å². The third kappa shape index (κ3) is 6.90. The topological polar surface area (TPSA) is 87.7 Å². The predicted molar refractivity (Wildman–Crippen MR) is 134 cm³/mol. The van der Waals surface area contributed by atoms with Crippen molar-refractivity contribution in [3.8, 4) is 0 Å². The number of amides is 3. The SMILES string of the molecule is CCC(C)(C)NC(=O)[C@@H](c1ccc(C)cc1)N(C[C@@H]1CCCO1)C(=O)CNC(=O)c1cccs1. The Kier molecular flexibility index (Phi) is 8.85. The van der Waals surface area contributed by atoms with E-state index in [0.29, 0.717) is 11.5 Å². The first-order valence-electron chi connectivity index (χ1n) is 11.8. The van der Waals surface area contributed by atoms with Crippen LogP contribution in [0.15, 0.2) is 41.8 Å². The second kappa shape index (κ2) is 11.6. The van der Waals surface area contributed by atoms with E-state index in [-0.39, 0.29) is 36.9 Å². The molecule has 184 valence electrons. The standard InChI is InChI=1S/C26H35N3O4S/c1-5-26(3,4)28-25(32)23(19-12-10-18(2)11-13-19)29(17-20-8-6-14-33-20)22(30)16-27-24(31)21-9-7-15-34-21/h7,9-13,15,20,23H,5-6,8,14,16-17H2,1-4H3,(H,27,31)(H,28,32)/t20-,23+/m0/s1. The lowest BCUT2D eigenvalue weighted by atomic mass is 9.97. The molecule has 1 saturated heterocycles. The van der Waals surface area contributed by atoms with E-state index < -0.39 is 11.6 Å². The molecule has 1 aromatic heterocycles. The summed E-state index contributed by atoms with van der Waals surface area (Å²) in [5.41, 5.74) is 1.37. The molecule has 7 nitrogen and oxygen atoms in total. The zero-order valence-electron chi connectivity index (χ0n) is 20.4. The summed E-state index contributed by atoms with van der Waals surface area (Å²) in [5, 5.41) is 7.63. The Labute approximate surface area is 205 Å². The van der Waals surface area contributed by atoms with E-state index in [9.17, 15) is 14.4 Å². The normalized spacial score (nSPS) is 16.6. The minimum atomic E-state index is -0.832. The average molecular weight is 486 g/mol. The van der Waals surface area contributed by atoms with Crippen molar-refractivity contribution in [2.45, 2.75) is 64.6 Å². The van der Waals surface area contributed by atoms with Crippen LogP contribution in [0.4, 0.5) is 0 Å². The molecule has 1 aliphatic rings. The molecule has 0 spiro atoms. The van der Waals surface area contributed by atoms with E-state index in [1.165, 1.54) is 11.3 Å². The van der Waals surface area contributed by atoms with Crippen molar-refractivity contribution in [2.24, 2.45) is 0 Å². The quantitative estimate of drug-likeness (QED) is 0.535. The van der Waals surface area contributed by atoms with E-state index in [2.05, 4.69) is 10.6 Å². The Morgan fingerprint density at radius 2 is 1.94 bits per heavy atom. The maximum Gasteiger partial charge on any atom is 0.261 e. The van der Waals surface area contributed by atoms with Gasteiger partial charge in [0.15, 0.2) is 0 Å².